The van der Waals surface area contributed by atoms with E-state index in [0.717, 1.165) is 35.0 Å². The Bertz CT molecular complexity index is 660. The fourth-order valence-electron chi connectivity index (χ4n) is 3.03. The molecule has 1 heterocycles. The van der Waals surface area contributed by atoms with E-state index in [2.05, 4.69) is 4.98 Å². The molecule has 2 aromatic rings. The number of hydrogen-bond donors (Lipinski definition) is 0. The largest absolute Gasteiger partial charge is 0.497 e. The van der Waals surface area contributed by atoms with Crippen LogP contribution in [0.4, 0.5) is 5.13 Å². The molecule has 4 nitrogen and oxygen atoms in total. The molecule has 1 saturated carbocycles. The third-order valence-corrected chi connectivity index (χ3v) is 5.37. The van der Waals surface area contributed by atoms with Crippen LogP contribution in [0.5, 0.6) is 5.75 Å². The van der Waals surface area contributed by atoms with Crippen LogP contribution in [-0.2, 0) is 4.79 Å². The summed E-state index contributed by atoms with van der Waals surface area (Å²) in [6.45, 7) is 0. The third kappa shape index (κ3) is 3.55. The summed E-state index contributed by atoms with van der Waals surface area (Å²) in [5.41, 5.74) is 1.93. The molecule has 0 aliphatic heterocycles. The van der Waals surface area contributed by atoms with Gasteiger partial charge in [-0.3, -0.25) is 9.69 Å². The van der Waals surface area contributed by atoms with Gasteiger partial charge in [0, 0.05) is 23.9 Å². The van der Waals surface area contributed by atoms with Crippen LogP contribution in [0.15, 0.2) is 29.6 Å². The Morgan fingerprint density at radius 1 is 1.22 bits per heavy atom. The van der Waals surface area contributed by atoms with Crippen molar-refractivity contribution in [3.05, 3.63) is 29.6 Å². The van der Waals surface area contributed by atoms with E-state index in [1.807, 2.05) is 36.7 Å². The maximum absolute atomic E-state index is 12.6. The van der Waals surface area contributed by atoms with Crippen LogP contribution in [0.1, 0.15) is 32.1 Å². The highest BCUT2D eigenvalue weighted by molar-refractivity contribution is 7.14. The van der Waals surface area contributed by atoms with Gasteiger partial charge in [-0.25, -0.2) is 4.98 Å². The number of aromatic nitrogens is 1. The van der Waals surface area contributed by atoms with Crippen LogP contribution < -0.4 is 9.64 Å². The number of anilines is 1. The molecule has 0 spiro atoms. The van der Waals surface area contributed by atoms with Gasteiger partial charge in [0.1, 0.15) is 5.75 Å². The van der Waals surface area contributed by atoms with Crippen molar-refractivity contribution in [1.29, 1.82) is 0 Å². The smallest absolute Gasteiger partial charge is 0.231 e. The molecule has 0 unspecified atom stereocenters. The van der Waals surface area contributed by atoms with Gasteiger partial charge in [-0.1, -0.05) is 19.3 Å². The highest BCUT2D eigenvalue weighted by Crippen LogP contribution is 2.31. The molecule has 3 rings (SSSR count). The zero-order chi connectivity index (χ0) is 16.2. The molecular weight excluding hydrogens is 308 g/mol. The predicted molar refractivity (Wildman–Crippen MR) is 94.1 cm³/mol. The Morgan fingerprint density at radius 2 is 1.91 bits per heavy atom. The summed E-state index contributed by atoms with van der Waals surface area (Å²) in [4.78, 5) is 19.0. The van der Waals surface area contributed by atoms with Gasteiger partial charge in [-0.05, 0) is 37.1 Å². The summed E-state index contributed by atoms with van der Waals surface area (Å²) in [5, 5.41) is 2.77. The standard InChI is InChI=1S/C18H22N2O2S/c1-20(17(21)14-6-4-3-5-7-14)18-19-16(12-23-18)13-8-10-15(22-2)11-9-13/h8-12,14H,3-7H2,1-2H3. The lowest BCUT2D eigenvalue weighted by molar-refractivity contribution is -0.123. The van der Waals surface area contributed by atoms with Gasteiger partial charge in [-0.2, -0.15) is 0 Å². The van der Waals surface area contributed by atoms with Crippen LogP contribution in [0, 0.1) is 5.92 Å². The van der Waals surface area contributed by atoms with Crippen LogP contribution in [0.2, 0.25) is 0 Å². The Morgan fingerprint density at radius 3 is 2.57 bits per heavy atom. The van der Waals surface area contributed by atoms with Gasteiger partial charge in [0.25, 0.3) is 0 Å². The Hall–Kier alpha value is -1.88. The normalized spacial score (nSPS) is 15.4. The number of ether oxygens (including phenoxy) is 1. The number of methoxy groups -OCH3 is 1. The molecular formula is C18H22N2O2S. The van der Waals surface area contributed by atoms with Gasteiger partial charge in [0.15, 0.2) is 5.13 Å². The lowest BCUT2D eigenvalue weighted by atomic mass is 9.88. The average Bonchev–Trinajstić information content (AvgIpc) is 3.11. The van der Waals surface area contributed by atoms with E-state index in [0.29, 0.717) is 0 Å². The van der Waals surface area contributed by atoms with Gasteiger partial charge in [0.2, 0.25) is 5.91 Å². The zero-order valence-corrected chi connectivity index (χ0v) is 14.4. The lowest BCUT2D eigenvalue weighted by Gasteiger charge is -2.24. The summed E-state index contributed by atoms with van der Waals surface area (Å²) < 4.78 is 5.18. The Balaban J connectivity index is 1.73. The van der Waals surface area contributed by atoms with Crippen molar-refractivity contribution in [3.63, 3.8) is 0 Å². The van der Waals surface area contributed by atoms with Gasteiger partial charge < -0.3 is 4.74 Å². The summed E-state index contributed by atoms with van der Waals surface area (Å²) in [7, 11) is 3.50. The van der Waals surface area contributed by atoms with Crippen molar-refractivity contribution in [2.45, 2.75) is 32.1 Å². The van der Waals surface area contributed by atoms with Gasteiger partial charge in [-0.15, -0.1) is 11.3 Å². The molecule has 1 aromatic heterocycles. The van der Waals surface area contributed by atoms with E-state index in [9.17, 15) is 4.79 Å². The molecule has 1 fully saturated rings. The first kappa shape index (κ1) is 16.0. The fourth-order valence-corrected chi connectivity index (χ4v) is 3.84. The van der Waals surface area contributed by atoms with E-state index in [1.54, 1.807) is 12.0 Å². The molecule has 1 aliphatic rings. The molecule has 0 bridgehead atoms. The minimum absolute atomic E-state index is 0.169. The van der Waals surface area contributed by atoms with Gasteiger partial charge >= 0.3 is 0 Å². The Labute approximate surface area is 141 Å². The van der Waals surface area contributed by atoms with Crippen LogP contribution in [-0.4, -0.2) is 25.0 Å². The Kier molecular flexibility index (Phi) is 4.96. The van der Waals surface area contributed by atoms with Crippen molar-refractivity contribution in [2.75, 3.05) is 19.1 Å². The minimum Gasteiger partial charge on any atom is -0.497 e. The second-order valence-electron chi connectivity index (χ2n) is 5.98. The van der Waals surface area contributed by atoms with Crippen molar-refractivity contribution in [2.24, 2.45) is 5.92 Å². The number of amides is 1. The molecule has 122 valence electrons. The van der Waals surface area contributed by atoms with E-state index in [1.165, 1.54) is 30.6 Å². The highest BCUT2D eigenvalue weighted by Gasteiger charge is 2.26. The predicted octanol–water partition coefficient (Wildman–Crippen LogP) is 4.36. The molecule has 0 N–H and O–H groups in total. The lowest BCUT2D eigenvalue weighted by Crippen LogP contribution is -2.33. The zero-order valence-electron chi connectivity index (χ0n) is 13.6. The quantitative estimate of drug-likeness (QED) is 0.836. The molecule has 1 amide bonds. The number of thiazole rings is 1. The van der Waals surface area contributed by atoms with Crippen LogP contribution in [0.3, 0.4) is 0 Å². The SMILES string of the molecule is COc1ccc(-c2csc(N(C)C(=O)C3CCCCC3)n2)cc1. The molecule has 1 aromatic carbocycles. The van der Waals surface area contributed by atoms with Crippen LogP contribution >= 0.6 is 11.3 Å². The number of carbonyl (C=O) groups excluding carboxylic acids is 1. The average molecular weight is 330 g/mol. The minimum atomic E-state index is 0.169. The van der Waals surface area contributed by atoms with E-state index in [4.69, 9.17) is 4.74 Å². The maximum Gasteiger partial charge on any atom is 0.231 e. The maximum atomic E-state index is 12.6. The number of rotatable bonds is 4. The van der Waals surface area contributed by atoms with Crippen molar-refractivity contribution in [1.82, 2.24) is 4.98 Å². The highest BCUT2D eigenvalue weighted by atomic mass is 32.1. The molecule has 1 aliphatic carbocycles. The summed E-state index contributed by atoms with van der Waals surface area (Å²) in [6, 6.07) is 7.82. The van der Waals surface area contributed by atoms with Crippen LogP contribution in [0.25, 0.3) is 11.3 Å². The summed E-state index contributed by atoms with van der Waals surface area (Å²) >= 11 is 1.52. The second kappa shape index (κ2) is 7.13. The summed E-state index contributed by atoms with van der Waals surface area (Å²) in [5.74, 6) is 1.20. The van der Waals surface area contributed by atoms with Gasteiger partial charge in [0.05, 0.1) is 12.8 Å². The van der Waals surface area contributed by atoms with Crippen molar-refractivity contribution in [3.8, 4) is 17.0 Å². The van der Waals surface area contributed by atoms with E-state index >= 15 is 0 Å². The molecule has 0 radical (unpaired) electrons. The fraction of sp³-hybridized carbons (Fsp3) is 0.444. The number of nitrogens with zero attached hydrogens (tertiary/aromatic N) is 2. The first-order valence-corrected chi connectivity index (χ1v) is 8.94. The van der Waals surface area contributed by atoms with E-state index in [-0.39, 0.29) is 11.8 Å². The molecule has 5 heteroatoms. The molecule has 0 saturated heterocycles. The molecule has 0 atom stereocenters. The first-order chi connectivity index (χ1) is 11.2. The van der Waals surface area contributed by atoms with E-state index < -0.39 is 0 Å². The number of carbonyl (C=O) groups is 1. The van der Waals surface area contributed by atoms with Crippen molar-refractivity contribution < 1.29 is 9.53 Å². The number of benzene rings is 1. The topological polar surface area (TPSA) is 42.4 Å². The molecule has 23 heavy (non-hydrogen) atoms. The monoisotopic (exact) mass is 330 g/mol. The summed E-state index contributed by atoms with van der Waals surface area (Å²) in [6.07, 6.45) is 5.62. The first-order valence-electron chi connectivity index (χ1n) is 8.06. The third-order valence-electron chi connectivity index (χ3n) is 4.45. The second-order valence-corrected chi connectivity index (χ2v) is 6.81. The van der Waals surface area contributed by atoms with Crippen molar-refractivity contribution >= 4 is 22.4 Å². The number of hydrogen-bond acceptors (Lipinski definition) is 4.